The van der Waals surface area contributed by atoms with Gasteiger partial charge in [-0.05, 0) is 38.6 Å². The summed E-state index contributed by atoms with van der Waals surface area (Å²) in [6.45, 7) is 8.04. The molecule has 4 aromatic rings. The molecule has 0 aromatic carbocycles. The van der Waals surface area contributed by atoms with Gasteiger partial charge in [-0.2, -0.15) is 5.10 Å². The molecular formula is C26H33FN8O2. The number of carbonyl (C=O) groups excluding carboxylic acids is 1. The monoisotopic (exact) mass is 508 g/mol. The van der Waals surface area contributed by atoms with E-state index < -0.39 is 0 Å². The third kappa shape index (κ3) is 4.37. The molecule has 196 valence electrons. The van der Waals surface area contributed by atoms with Gasteiger partial charge in [0.2, 0.25) is 5.91 Å². The summed E-state index contributed by atoms with van der Waals surface area (Å²) in [7, 11) is 5.35. The Morgan fingerprint density at radius 2 is 2.08 bits per heavy atom. The number of rotatable bonds is 6. The predicted octanol–water partition coefficient (Wildman–Crippen LogP) is 3.14. The van der Waals surface area contributed by atoms with Gasteiger partial charge >= 0.3 is 0 Å². The fraction of sp³-hybridized carbons (Fsp3) is 0.462. The van der Waals surface area contributed by atoms with Gasteiger partial charge in [-0.3, -0.25) is 4.79 Å². The minimum absolute atomic E-state index is 0.0314. The molecule has 1 aliphatic heterocycles. The molecule has 1 amide bonds. The van der Waals surface area contributed by atoms with E-state index in [9.17, 15) is 4.79 Å². The van der Waals surface area contributed by atoms with E-state index in [-0.39, 0.29) is 23.7 Å². The molecule has 5 heterocycles. The normalized spacial score (nSPS) is 16.5. The van der Waals surface area contributed by atoms with Gasteiger partial charge in [0.1, 0.15) is 6.33 Å². The van der Waals surface area contributed by atoms with E-state index in [1.54, 1.807) is 17.8 Å². The van der Waals surface area contributed by atoms with Crippen LogP contribution in [0.25, 0.3) is 27.8 Å². The first-order valence-corrected chi connectivity index (χ1v) is 12.5. The molecule has 1 aliphatic rings. The number of pyridine rings is 2. The number of hydrogen-bond donors (Lipinski definition) is 1. The molecule has 5 rings (SSSR count). The molecule has 0 aliphatic carbocycles. The molecular weight excluding hydrogens is 475 g/mol. The number of carbonyl (C=O) groups is 1. The van der Waals surface area contributed by atoms with Gasteiger partial charge in [0.25, 0.3) is 0 Å². The molecule has 1 N–H and O–H groups in total. The number of fused-ring (bicyclic) bond motifs is 2. The Bertz CT molecular complexity index is 1460. The van der Waals surface area contributed by atoms with Crippen LogP contribution < -0.4 is 9.64 Å². The van der Waals surface area contributed by atoms with E-state index >= 15 is 4.39 Å². The molecule has 37 heavy (non-hydrogen) atoms. The molecule has 1 saturated heterocycles. The molecule has 0 bridgehead atoms. The lowest BCUT2D eigenvalue weighted by Gasteiger charge is -2.41. The first-order valence-electron chi connectivity index (χ1n) is 12.5. The van der Waals surface area contributed by atoms with Crippen molar-refractivity contribution < 1.29 is 13.9 Å². The number of H-pyrrole nitrogens is 1. The van der Waals surface area contributed by atoms with Crippen LogP contribution >= 0.6 is 0 Å². The SMILES string of the molecule is COc1cc(-c2[nH]c3cnc(N4CCN(C(=O)CN(C)C)CC4C)c(F)c3c2C(C)C)cn2ncnc12. The maximum absolute atomic E-state index is 16.3. The lowest BCUT2D eigenvalue weighted by atomic mass is 9.96. The Morgan fingerprint density at radius 3 is 2.76 bits per heavy atom. The van der Waals surface area contributed by atoms with Gasteiger partial charge in [-0.1, -0.05) is 13.8 Å². The Kier molecular flexibility index (Phi) is 6.49. The summed E-state index contributed by atoms with van der Waals surface area (Å²) in [4.78, 5) is 30.4. The lowest BCUT2D eigenvalue weighted by molar-refractivity contribution is -0.132. The number of hydrogen-bond acceptors (Lipinski definition) is 7. The second-order valence-electron chi connectivity index (χ2n) is 10.2. The van der Waals surface area contributed by atoms with Crippen molar-refractivity contribution in [2.45, 2.75) is 32.7 Å². The van der Waals surface area contributed by atoms with Crippen molar-refractivity contribution in [1.82, 2.24) is 34.4 Å². The number of ether oxygens (including phenoxy) is 1. The quantitative estimate of drug-likeness (QED) is 0.428. The number of amides is 1. The van der Waals surface area contributed by atoms with Crippen molar-refractivity contribution in [3.05, 3.63) is 36.2 Å². The highest BCUT2D eigenvalue weighted by atomic mass is 19.1. The zero-order valence-electron chi connectivity index (χ0n) is 22.1. The van der Waals surface area contributed by atoms with Crippen molar-refractivity contribution in [3.8, 4) is 17.0 Å². The fourth-order valence-corrected chi connectivity index (χ4v) is 5.22. The highest BCUT2D eigenvalue weighted by Crippen LogP contribution is 2.40. The first-order chi connectivity index (χ1) is 17.7. The Labute approximate surface area is 215 Å². The Hall–Kier alpha value is -3.73. The highest BCUT2D eigenvalue weighted by molar-refractivity contribution is 5.93. The molecule has 1 unspecified atom stereocenters. The second-order valence-corrected chi connectivity index (χ2v) is 10.2. The van der Waals surface area contributed by atoms with Gasteiger partial charge in [0.15, 0.2) is 23.0 Å². The fourth-order valence-electron chi connectivity index (χ4n) is 5.22. The van der Waals surface area contributed by atoms with Gasteiger partial charge in [-0.15, -0.1) is 0 Å². The third-order valence-corrected chi connectivity index (χ3v) is 6.93. The van der Waals surface area contributed by atoms with Crippen LogP contribution in [0, 0.1) is 5.82 Å². The standard InChI is InChI=1S/C26H33FN8O2/c1-15(2)21-22-18(31-24(21)17-9-19(37-6)25-29-14-30-35(25)12-17)10-28-26(23(22)27)34-8-7-33(11-16(34)3)20(36)13-32(4)5/h9-10,12,14-16,31H,7-8,11,13H2,1-6H3. The van der Waals surface area contributed by atoms with Crippen LogP contribution in [0.3, 0.4) is 0 Å². The van der Waals surface area contributed by atoms with Gasteiger partial charge in [-0.25, -0.2) is 18.9 Å². The van der Waals surface area contributed by atoms with Gasteiger partial charge < -0.3 is 24.4 Å². The van der Waals surface area contributed by atoms with Crippen molar-refractivity contribution in [3.63, 3.8) is 0 Å². The summed E-state index contributed by atoms with van der Waals surface area (Å²) in [5.41, 5.74) is 3.72. The summed E-state index contributed by atoms with van der Waals surface area (Å²) in [5, 5.41) is 4.80. The van der Waals surface area contributed by atoms with E-state index in [4.69, 9.17) is 4.74 Å². The Balaban J connectivity index is 1.55. The van der Waals surface area contributed by atoms with Crippen LogP contribution in [0.1, 0.15) is 32.3 Å². The number of aromatic nitrogens is 5. The van der Waals surface area contributed by atoms with Crippen molar-refractivity contribution >= 4 is 28.3 Å². The molecule has 0 spiro atoms. The average molecular weight is 509 g/mol. The number of aromatic amines is 1. The molecule has 0 radical (unpaired) electrons. The van der Waals surface area contributed by atoms with Crippen molar-refractivity contribution in [2.75, 3.05) is 52.3 Å². The molecule has 10 nitrogen and oxygen atoms in total. The van der Waals surface area contributed by atoms with Crippen LogP contribution in [-0.4, -0.2) is 93.7 Å². The molecule has 1 fully saturated rings. The topological polar surface area (TPSA) is 94.9 Å². The number of nitrogens with zero attached hydrogens (tertiary/aromatic N) is 7. The zero-order valence-corrected chi connectivity index (χ0v) is 22.1. The minimum atomic E-state index is -0.350. The van der Waals surface area contributed by atoms with Gasteiger partial charge in [0, 0.05) is 42.8 Å². The van der Waals surface area contributed by atoms with E-state index in [0.717, 1.165) is 16.8 Å². The third-order valence-electron chi connectivity index (χ3n) is 6.93. The highest BCUT2D eigenvalue weighted by Gasteiger charge is 2.31. The minimum Gasteiger partial charge on any atom is -0.493 e. The number of halogens is 1. The number of anilines is 1. The largest absolute Gasteiger partial charge is 0.493 e. The molecule has 4 aromatic heterocycles. The number of piperazine rings is 1. The van der Waals surface area contributed by atoms with Crippen LogP contribution in [0.2, 0.25) is 0 Å². The van der Waals surface area contributed by atoms with Crippen LogP contribution in [0.4, 0.5) is 10.2 Å². The number of nitrogens with one attached hydrogen (secondary N) is 1. The summed E-state index contributed by atoms with van der Waals surface area (Å²) in [6, 6.07) is 1.82. The van der Waals surface area contributed by atoms with Gasteiger partial charge in [0.05, 0.1) is 31.1 Å². The van der Waals surface area contributed by atoms with E-state index in [0.29, 0.717) is 54.3 Å². The molecule has 11 heteroatoms. The lowest BCUT2D eigenvalue weighted by Crippen LogP contribution is -2.55. The van der Waals surface area contributed by atoms with Crippen LogP contribution in [-0.2, 0) is 4.79 Å². The maximum atomic E-state index is 16.3. The van der Waals surface area contributed by atoms with E-state index in [1.807, 2.05) is 48.0 Å². The molecule has 0 saturated carbocycles. The average Bonchev–Trinajstić information content (AvgIpc) is 3.48. The van der Waals surface area contributed by atoms with Crippen molar-refractivity contribution in [1.29, 1.82) is 0 Å². The van der Waals surface area contributed by atoms with E-state index in [2.05, 4.69) is 33.9 Å². The molecule has 1 atom stereocenters. The zero-order chi connectivity index (χ0) is 26.4. The van der Waals surface area contributed by atoms with Crippen LogP contribution in [0.15, 0.2) is 24.8 Å². The number of methoxy groups -OCH3 is 1. The van der Waals surface area contributed by atoms with Crippen molar-refractivity contribution in [2.24, 2.45) is 0 Å². The Morgan fingerprint density at radius 1 is 1.30 bits per heavy atom. The summed E-state index contributed by atoms with van der Waals surface area (Å²) >= 11 is 0. The number of likely N-dealkylation sites (N-methyl/N-ethyl adjacent to an activating group) is 1. The second kappa shape index (κ2) is 9.62. The maximum Gasteiger partial charge on any atom is 0.236 e. The van der Waals surface area contributed by atoms with Crippen LogP contribution in [0.5, 0.6) is 5.75 Å². The summed E-state index contributed by atoms with van der Waals surface area (Å²) in [5.74, 6) is 0.661. The summed E-state index contributed by atoms with van der Waals surface area (Å²) < 4.78 is 23.5. The predicted molar refractivity (Wildman–Crippen MR) is 141 cm³/mol. The summed E-state index contributed by atoms with van der Waals surface area (Å²) in [6.07, 6.45) is 5.03. The van der Waals surface area contributed by atoms with E-state index in [1.165, 1.54) is 6.33 Å². The first kappa shape index (κ1) is 24.9. The smallest absolute Gasteiger partial charge is 0.236 e.